The van der Waals surface area contributed by atoms with E-state index in [4.69, 9.17) is 0 Å². The zero-order chi connectivity index (χ0) is 22.9. The first-order chi connectivity index (χ1) is 15.3. The van der Waals surface area contributed by atoms with E-state index in [-0.39, 0.29) is 24.4 Å². The molecule has 4 rings (SSSR count). The highest BCUT2D eigenvalue weighted by atomic mass is 32.2. The number of carbonyl (C=O) groups excluding carboxylic acids is 2. The SMILES string of the molecule is CC1CN(S(=O)(=O)CCN2C(=O)c3ccccc3C2=O)CC(C)N1CCc1ccccc1. The van der Waals surface area contributed by atoms with Gasteiger partial charge in [0.15, 0.2) is 0 Å². The van der Waals surface area contributed by atoms with Crippen molar-refractivity contribution in [3.05, 3.63) is 71.3 Å². The predicted octanol–water partition coefficient (Wildman–Crippen LogP) is 2.25. The first-order valence-corrected chi connectivity index (χ1v) is 12.6. The molecule has 2 heterocycles. The van der Waals surface area contributed by atoms with Crippen LogP contribution in [0.25, 0.3) is 0 Å². The van der Waals surface area contributed by atoms with Gasteiger partial charge in [-0.3, -0.25) is 19.4 Å². The summed E-state index contributed by atoms with van der Waals surface area (Å²) in [6, 6.07) is 17.0. The molecule has 2 aromatic rings. The molecular weight excluding hydrogens is 426 g/mol. The predicted molar refractivity (Wildman–Crippen MR) is 123 cm³/mol. The largest absolute Gasteiger partial charge is 0.295 e. The van der Waals surface area contributed by atoms with E-state index < -0.39 is 21.8 Å². The van der Waals surface area contributed by atoms with Gasteiger partial charge in [0, 0.05) is 38.3 Å². The van der Waals surface area contributed by atoms with Gasteiger partial charge in [-0.05, 0) is 38.0 Å². The third-order valence-corrected chi connectivity index (χ3v) is 8.20. The van der Waals surface area contributed by atoms with Crippen LogP contribution in [0.3, 0.4) is 0 Å². The van der Waals surface area contributed by atoms with Crippen LogP contribution in [0.5, 0.6) is 0 Å². The molecule has 2 aromatic carbocycles. The lowest BCUT2D eigenvalue weighted by atomic mass is 10.1. The topological polar surface area (TPSA) is 78.0 Å². The molecule has 0 spiro atoms. The second-order valence-electron chi connectivity index (χ2n) is 8.61. The summed E-state index contributed by atoms with van der Waals surface area (Å²) in [5, 5.41) is 0. The van der Waals surface area contributed by atoms with E-state index in [0.29, 0.717) is 24.2 Å². The lowest BCUT2D eigenvalue weighted by molar-refractivity contribution is 0.0660. The van der Waals surface area contributed by atoms with Gasteiger partial charge in [-0.1, -0.05) is 42.5 Å². The molecule has 0 saturated carbocycles. The van der Waals surface area contributed by atoms with Gasteiger partial charge in [-0.25, -0.2) is 8.42 Å². The van der Waals surface area contributed by atoms with Crippen LogP contribution in [0.1, 0.15) is 40.1 Å². The number of nitrogens with zero attached hydrogens (tertiary/aromatic N) is 3. The Hall–Kier alpha value is -2.55. The van der Waals surface area contributed by atoms with E-state index in [2.05, 4.69) is 17.0 Å². The first-order valence-electron chi connectivity index (χ1n) is 11.0. The highest BCUT2D eigenvalue weighted by Crippen LogP contribution is 2.23. The number of benzene rings is 2. The first kappa shape index (κ1) is 22.6. The Morgan fingerprint density at radius 2 is 1.34 bits per heavy atom. The highest BCUT2D eigenvalue weighted by molar-refractivity contribution is 7.89. The Morgan fingerprint density at radius 1 is 0.812 bits per heavy atom. The number of carbonyl (C=O) groups is 2. The molecule has 0 N–H and O–H groups in total. The number of rotatable bonds is 7. The zero-order valence-corrected chi connectivity index (χ0v) is 19.3. The maximum Gasteiger partial charge on any atom is 0.261 e. The van der Waals surface area contributed by atoms with Crippen molar-refractivity contribution in [1.29, 1.82) is 0 Å². The fourth-order valence-electron chi connectivity index (χ4n) is 4.66. The van der Waals surface area contributed by atoms with E-state index in [1.54, 1.807) is 24.3 Å². The Kier molecular flexibility index (Phi) is 6.46. The van der Waals surface area contributed by atoms with E-state index in [1.807, 2.05) is 32.0 Å². The summed E-state index contributed by atoms with van der Waals surface area (Å²) in [6.45, 7) is 5.65. The molecule has 8 heteroatoms. The molecule has 170 valence electrons. The van der Waals surface area contributed by atoms with Crippen molar-refractivity contribution >= 4 is 21.8 Å². The van der Waals surface area contributed by atoms with Crippen molar-refractivity contribution in [2.45, 2.75) is 32.4 Å². The van der Waals surface area contributed by atoms with Crippen LogP contribution in [0.2, 0.25) is 0 Å². The summed E-state index contributed by atoms with van der Waals surface area (Å²) in [6.07, 6.45) is 0.919. The third-order valence-electron chi connectivity index (χ3n) is 6.41. The van der Waals surface area contributed by atoms with E-state index in [0.717, 1.165) is 17.9 Å². The van der Waals surface area contributed by atoms with Gasteiger partial charge in [0.2, 0.25) is 10.0 Å². The molecule has 0 radical (unpaired) electrons. The Morgan fingerprint density at radius 3 is 1.91 bits per heavy atom. The van der Waals surface area contributed by atoms with Crippen LogP contribution in [-0.4, -0.2) is 78.4 Å². The third kappa shape index (κ3) is 4.48. The van der Waals surface area contributed by atoms with Gasteiger partial charge in [0.05, 0.1) is 16.9 Å². The minimum atomic E-state index is -3.60. The molecule has 2 aliphatic heterocycles. The summed E-state index contributed by atoms with van der Waals surface area (Å²) >= 11 is 0. The van der Waals surface area contributed by atoms with Crippen molar-refractivity contribution in [3.8, 4) is 0 Å². The molecule has 1 saturated heterocycles. The van der Waals surface area contributed by atoms with Crippen molar-refractivity contribution < 1.29 is 18.0 Å². The molecule has 2 unspecified atom stereocenters. The Labute approximate surface area is 189 Å². The molecule has 7 nitrogen and oxygen atoms in total. The average molecular weight is 456 g/mol. The van der Waals surface area contributed by atoms with Crippen molar-refractivity contribution in [2.75, 3.05) is 31.9 Å². The van der Waals surface area contributed by atoms with Gasteiger partial charge >= 0.3 is 0 Å². The Balaban J connectivity index is 1.36. The normalized spacial score (nSPS) is 22.4. The number of hydrogen-bond donors (Lipinski definition) is 0. The second kappa shape index (κ2) is 9.13. The molecule has 2 aliphatic rings. The van der Waals surface area contributed by atoms with Crippen LogP contribution in [0.4, 0.5) is 0 Å². The van der Waals surface area contributed by atoms with E-state index >= 15 is 0 Å². The fourth-order valence-corrected chi connectivity index (χ4v) is 6.21. The smallest absolute Gasteiger partial charge is 0.261 e. The Bertz CT molecular complexity index is 1060. The standard InChI is InChI=1S/C24H29N3O4S/c1-18-16-25(17-19(2)26(18)13-12-20-8-4-3-5-9-20)32(30,31)15-14-27-23(28)21-10-6-7-11-22(21)24(27)29/h3-11,18-19H,12-17H2,1-2H3. The lowest BCUT2D eigenvalue weighted by Crippen LogP contribution is -2.58. The molecule has 32 heavy (non-hydrogen) atoms. The molecule has 0 aromatic heterocycles. The molecule has 0 aliphatic carbocycles. The van der Waals surface area contributed by atoms with Gasteiger partial charge in [-0.2, -0.15) is 4.31 Å². The second-order valence-corrected chi connectivity index (χ2v) is 10.7. The van der Waals surface area contributed by atoms with Gasteiger partial charge in [-0.15, -0.1) is 0 Å². The summed E-state index contributed by atoms with van der Waals surface area (Å²) in [7, 11) is -3.60. The maximum atomic E-state index is 13.1. The van der Waals surface area contributed by atoms with Crippen LogP contribution >= 0.6 is 0 Å². The minimum Gasteiger partial charge on any atom is -0.295 e. The number of piperazine rings is 1. The average Bonchev–Trinajstić information content (AvgIpc) is 3.02. The molecule has 1 fully saturated rings. The molecular formula is C24H29N3O4S. The van der Waals surface area contributed by atoms with Gasteiger partial charge in [0.25, 0.3) is 11.8 Å². The van der Waals surface area contributed by atoms with Gasteiger partial charge < -0.3 is 0 Å². The zero-order valence-electron chi connectivity index (χ0n) is 18.5. The van der Waals surface area contributed by atoms with E-state index in [1.165, 1.54) is 9.87 Å². The van der Waals surface area contributed by atoms with Crippen molar-refractivity contribution in [2.24, 2.45) is 0 Å². The van der Waals surface area contributed by atoms with Crippen LogP contribution in [0.15, 0.2) is 54.6 Å². The maximum absolute atomic E-state index is 13.1. The van der Waals surface area contributed by atoms with E-state index in [9.17, 15) is 18.0 Å². The quantitative estimate of drug-likeness (QED) is 0.599. The summed E-state index contributed by atoms with van der Waals surface area (Å²) in [5.74, 6) is -1.11. The number of amides is 2. The number of hydrogen-bond acceptors (Lipinski definition) is 5. The fraction of sp³-hybridized carbons (Fsp3) is 0.417. The molecule has 2 atom stereocenters. The summed E-state index contributed by atoms with van der Waals surface area (Å²) in [5.41, 5.74) is 1.94. The van der Waals surface area contributed by atoms with Crippen molar-refractivity contribution in [1.82, 2.24) is 14.1 Å². The van der Waals surface area contributed by atoms with Crippen molar-refractivity contribution in [3.63, 3.8) is 0 Å². The monoisotopic (exact) mass is 455 g/mol. The minimum absolute atomic E-state index is 0.0801. The number of imide groups is 1. The van der Waals surface area contributed by atoms with Crippen LogP contribution in [-0.2, 0) is 16.4 Å². The van der Waals surface area contributed by atoms with Crippen LogP contribution in [0, 0.1) is 0 Å². The summed E-state index contributed by atoms with van der Waals surface area (Å²) < 4.78 is 27.6. The molecule has 0 bridgehead atoms. The number of sulfonamides is 1. The highest BCUT2D eigenvalue weighted by Gasteiger charge is 2.38. The lowest BCUT2D eigenvalue weighted by Gasteiger charge is -2.44. The summed E-state index contributed by atoms with van der Waals surface area (Å²) in [4.78, 5) is 28.4. The van der Waals surface area contributed by atoms with Crippen LogP contribution < -0.4 is 0 Å². The van der Waals surface area contributed by atoms with Gasteiger partial charge in [0.1, 0.15) is 0 Å². The molecule has 2 amide bonds. The number of fused-ring (bicyclic) bond motifs is 1.